The van der Waals surface area contributed by atoms with Gasteiger partial charge in [-0.05, 0) is 24.6 Å². The van der Waals surface area contributed by atoms with Gasteiger partial charge in [0.25, 0.3) is 0 Å². The molecule has 8 heteroatoms. The van der Waals surface area contributed by atoms with E-state index in [1.807, 2.05) is 0 Å². The Bertz CT molecular complexity index is 500. The minimum atomic E-state index is -4.36. The Hall–Kier alpha value is -1.18. The molecule has 1 aromatic carbocycles. The molecule has 0 aromatic heterocycles. The van der Waals surface area contributed by atoms with Gasteiger partial charge >= 0.3 is 6.18 Å². The maximum Gasteiger partial charge on any atom is 0.422 e. The molecule has 0 radical (unpaired) electrons. The van der Waals surface area contributed by atoms with Crippen molar-refractivity contribution in [3.05, 3.63) is 23.8 Å². The first-order chi connectivity index (χ1) is 10.4. The molecule has 1 aromatic rings. The van der Waals surface area contributed by atoms with E-state index in [2.05, 4.69) is 17.1 Å². The number of hydrogen-bond acceptors (Lipinski definition) is 4. The minimum absolute atomic E-state index is 0. The van der Waals surface area contributed by atoms with Gasteiger partial charge in [-0.3, -0.25) is 4.90 Å². The Labute approximate surface area is 140 Å². The monoisotopic (exact) mass is 354 g/mol. The van der Waals surface area contributed by atoms with Gasteiger partial charge in [0.1, 0.15) is 0 Å². The van der Waals surface area contributed by atoms with Crippen LogP contribution in [0.4, 0.5) is 13.2 Å². The van der Waals surface area contributed by atoms with Crippen LogP contribution in [-0.2, 0) is 6.54 Å². The van der Waals surface area contributed by atoms with Crippen molar-refractivity contribution in [3.8, 4) is 11.5 Å². The van der Waals surface area contributed by atoms with Crippen LogP contribution in [0.2, 0.25) is 0 Å². The van der Waals surface area contributed by atoms with E-state index >= 15 is 0 Å². The summed E-state index contributed by atoms with van der Waals surface area (Å²) in [5.41, 5.74) is 0.991. The molecule has 23 heavy (non-hydrogen) atoms. The second-order valence-corrected chi connectivity index (χ2v) is 5.48. The van der Waals surface area contributed by atoms with Crippen molar-refractivity contribution >= 4 is 12.4 Å². The van der Waals surface area contributed by atoms with Gasteiger partial charge in [-0.15, -0.1) is 12.4 Å². The highest BCUT2D eigenvalue weighted by molar-refractivity contribution is 5.85. The number of nitrogens with zero attached hydrogens (tertiary/aromatic N) is 1. The molecule has 0 spiro atoms. The summed E-state index contributed by atoms with van der Waals surface area (Å²) in [6.07, 6.45) is -4.36. The zero-order chi connectivity index (χ0) is 16.2. The van der Waals surface area contributed by atoms with E-state index in [9.17, 15) is 13.2 Å². The highest BCUT2D eigenvalue weighted by Gasteiger charge is 2.29. The predicted octanol–water partition coefficient (Wildman–Crippen LogP) is 2.85. The van der Waals surface area contributed by atoms with Gasteiger partial charge in [-0.25, -0.2) is 0 Å². The van der Waals surface area contributed by atoms with Crippen LogP contribution in [0.25, 0.3) is 0 Å². The molecule has 1 fully saturated rings. The normalized spacial score (nSPS) is 19.1. The van der Waals surface area contributed by atoms with Crippen LogP contribution in [0.1, 0.15) is 12.5 Å². The van der Waals surface area contributed by atoms with Crippen molar-refractivity contribution in [1.29, 1.82) is 0 Å². The van der Waals surface area contributed by atoms with Crippen molar-refractivity contribution in [1.82, 2.24) is 10.2 Å². The van der Waals surface area contributed by atoms with E-state index in [1.165, 1.54) is 13.2 Å². The molecule has 0 saturated carbocycles. The van der Waals surface area contributed by atoms with Gasteiger partial charge in [0.2, 0.25) is 0 Å². The summed E-state index contributed by atoms with van der Waals surface area (Å²) in [6.45, 7) is 4.36. The molecular formula is C15H22ClF3N2O2. The standard InChI is InChI=1S/C15H21F3N2O2.ClH/c1-11-8-20(6-5-19-11)9-12-3-4-13(14(7-12)21-2)22-10-15(16,17)18;/h3-4,7,11,19H,5-6,8-10H2,1-2H3;1H/t11-;/m0./s1. The molecule has 0 bridgehead atoms. The molecule has 4 nitrogen and oxygen atoms in total. The molecule has 1 heterocycles. The molecule has 2 rings (SSSR count). The molecule has 0 amide bonds. The third-order valence-corrected chi connectivity index (χ3v) is 3.48. The van der Waals surface area contributed by atoms with Gasteiger partial charge in [0.05, 0.1) is 7.11 Å². The Morgan fingerprint density at radius 2 is 2.04 bits per heavy atom. The Kier molecular flexibility index (Phi) is 7.44. The molecule has 0 aliphatic carbocycles. The molecule has 1 aliphatic heterocycles. The number of halogens is 4. The maximum absolute atomic E-state index is 12.2. The lowest BCUT2D eigenvalue weighted by atomic mass is 10.1. The lowest BCUT2D eigenvalue weighted by molar-refractivity contribution is -0.153. The van der Waals surface area contributed by atoms with Gasteiger partial charge < -0.3 is 14.8 Å². The Balaban J connectivity index is 0.00000264. The minimum Gasteiger partial charge on any atom is -0.493 e. The maximum atomic E-state index is 12.2. The smallest absolute Gasteiger partial charge is 0.422 e. The summed E-state index contributed by atoms with van der Waals surface area (Å²) in [5, 5.41) is 3.37. The second kappa shape index (κ2) is 8.61. The first-order valence-electron chi connectivity index (χ1n) is 7.19. The van der Waals surface area contributed by atoms with Crippen molar-refractivity contribution < 1.29 is 22.6 Å². The van der Waals surface area contributed by atoms with Crippen molar-refractivity contribution in [3.63, 3.8) is 0 Å². The molecular weight excluding hydrogens is 333 g/mol. The van der Waals surface area contributed by atoms with Crippen LogP contribution in [0, 0.1) is 0 Å². The number of piperazine rings is 1. The van der Waals surface area contributed by atoms with Crippen LogP contribution in [0.15, 0.2) is 18.2 Å². The summed E-state index contributed by atoms with van der Waals surface area (Å²) < 4.78 is 46.6. The molecule has 1 atom stereocenters. The SMILES string of the molecule is COc1cc(CN2CCN[C@@H](C)C2)ccc1OCC(F)(F)F.Cl. The lowest BCUT2D eigenvalue weighted by Crippen LogP contribution is -2.48. The first-order valence-corrected chi connectivity index (χ1v) is 7.19. The fourth-order valence-electron chi connectivity index (χ4n) is 2.50. The topological polar surface area (TPSA) is 33.7 Å². The third-order valence-electron chi connectivity index (χ3n) is 3.48. The number of benzene rings is 1. The van der Waals surface area contributed by atoms with Crippen LogP contribution < -0.4 is 14.8 Å². The molecule has 132 valence electrons. The van der Waals surface area contributed by atoms with Gasteiger partial charge in [0, 0.05) is 32.2 Å². The number of hydrogen-bond donors (Lipinski definition) is 1. The van der Waals surface area contributed by atoms with Gasteiger partial charge in [0.15, 0.2) is 18.1 Å². The predicted molar refractivity (Wildman–Crippen MR) is 84.5 cm³/mol. The summed E-state index contributed by atoms with van der Waals surface area (Å²) in [6, 6.07) is 5.48. The van der Waals surface area contributed by atoms with E-state index in [-0.39, 0.29) is 18.2 Å². The van der Waals surface area contributed by atoms with Crippen LogP contribution in [0.5, 0.6) is 11.5 Å². The summed E-state index contributed by atoms with van der Waals surface area (Å²) in [4.78, 5) is 2.30. The van der Waals surface area contributed by atoms with Crippen LogP contribution >= 0.6 is 12.4 Å². The number of nitrogens with one attached hydrogen (secondary N) is 1. The van der Waals surface area contributed by atoms with Crippen LogP contribution in [0.3, 0.4) is 0 Å². The van der Waals surface area contributed by atoms with E-state index in [4.69, 9.17) is 9.47 Å². The fourth-order valence-corrected chi connectivity index (χ4v) is 2.50. The molecule has 0 unspecified atom stereocenters. The number of alkyl halides is 3. The highest BCUT2D eigenvalue weighted by atomic mass is 35.5. The van der Waals surface area contributed by atoms with Crippen molar-refractivity contribution in [2.45, 2.75) is 25.7 Å². The Morgan fingerprint density at radius 3 is 2.65 bits per heavy atom. The summed E-state index contributed by atoms with van der Waals surface area (Å²) in [5.74, 6) is 0.433. The van der Waals surface area contributed by atoms with E-state index < -0.39 is 12.8 Å². The quantitative estimate of drug-likeness (QED) is 0.881. The van der Waals surface area contributed by atoms with E-state index in [1.54, 1.807) is 12.1 Å². The first kappa shape index (κ1) is 19.9. The fraction of sp³-hybridized carbons (Fsp3) is 0.600. The number of rotatable bonds is 5. The van der Waals surface area contributed by atoms with E-state index in [0.717, 1.165) is 31.7 Å². The van der Waals surface area contributed by atoms with Crippen molar-refractivity contribution in [2.75, 3.05) is 33.4 Å². The largest absolute Gasteiger partial charge is 0.493 e. The number of ether oxygens (including phenoxy) is 2. The Morgan fingerprint density at radius 1 is 1.30 bits per heavy atom. The number of methoxy groups -OCH3 is 1. The molecule has 1 N–H and O–H groups in total. The van der Waals surface area contributed by atoms with Gasteiger partial charge in [-0.1, -0.05) is 6.07 Å². The summed E-state index contributed by atoms with van der Waals surface area (Å²) >= 11 is 0. The highest BCUT2D eigenvalue weighted by Crippen LogP contribution is 2.30. The van der Waals surface area contributed by atoms with Crippen LogP contribution in [-0.4, -0.2) is 50.5 Å². The zero-order valence-electron chi connectivity index (χ0n) is 13.2. The molecule has 1 aliphatic rings. The van der Waals surface area contributed by atoms with Gasteiger partial charge in [-0.2, -0.15) is 13.2 Å². The van der Waals surface area contributed by atoms with Crippen molar-refractivity contribution in [2.24, 2.45) is 0 Å². The van der Waals surface area contributed by atoms with E-state index in [0.29, 0.717) is 11.8 Å². The zero-order valence-corrected chi connectivity index (χ0v) is 14.0. The molecule has 1 saturated heterocycles. The second-order valence-electron chi connectivity index (χ2n) is 5.48. The third kappa shape index (κ3) is 6.45. The average Bonchev–Trinajstić information content (AvgIpc) is 2.45. The average molecular weight is 355 g/mol. The lowest BCUT2D eigenvalue weighted by Gasteiger charge is -2.31. The summed E-state index contributed by atoms with van der Waals surface area (Å²) in [7, 11) is 1.42.